The summed E-state index contributed by atoms with van der Waals surface area (Å²) in [7, 11) is 0. The summed E-state index contributed by atoms with van der Waals surface area (Å²) in [4.78, 5) is 10.5. The maximum atomic E-state index is 10.5. The van der Waals surface area contributed by atoms with Crippen LogP contribution in [0.1, 0.15) is 6.92 Å². The Bertz CT molecular complexity index is 205. The van der Waals surface area contributed by atoms with Crippen molar-refractivity contribution < 1.29 is 30.0 Å². The van der Waals surface area contributed by atoms with E-state index in [0.29, 0.717) is 0 Å². The van der Waals surface area contributed by atoms with E-state index in [-0.39, 0.29) is 0 Å². The molecule has 0 aliphatic carbocycles. The van der Waals surface area contributed by atoms with Gasteiger partial charge in [-0.1, -0.05) is 6.92 Å². The minimum atomic E-state index is -1.57. The molecule has 1 heterocycles. The van der Waals surface area contributed by atoms with Crippen molar-refractivity contribution in [2.45, 2.75) is 31.5 Å². The van der Waals surface area contributed by atoms with Crippen LogP contribution in [-0.4, -0.2) is 51.0 Å². The van der Waals surface area contributed by atoms with E-state index in [4.69, 9.17) is 10.2 Å². The van der Waals surface area contributed by atoms with Gasteiger partial charge in [0, 0.05) is 5.92 Å². The Morgan fingerprint density at radius 2 is 1.77 bits per heavy atom. The molecule has 1 rings (SSSR count). The number of hydrogen-bond donors (Lipinski definition) is 4. The van der Waals surface area contributed by atoms with Gasteiger partial charge in [0.1, 0.15) is 6.10 Å². The largest absolute Gasteiger partial charge is 0.479 e. The molecule has 0 spiro atoms. The first-order valence-electron chi connectivity index (χ1n) is 3.87. The molecule has 5 atom stereocenters. The Balaban J connectivity index is 2.76. The van der Waals surface area contributed by atoms with Gasteiger partial charge in [-0.2, -0.15) is 0 Å². The third-order valence-corrected chi connectivity index (χ3v) is 2.18. The molecule has 0 aromatic carbocycles. The summed E-state index contributed by atoms with van der Waals surface area (Å²) in [6, 6.07) is 0. The van der Waals surface area contributed by atoms with Crippen LogP contribution < -0.4 is 0 Å². The van der Waals surface area contributed by atoms with Gasteiger partial charge in [0.05, 0.1) is 6.10 Å². The number of aliphatic hydroxyl groups is 3. The van der Waals surface area contributed by atoms with E-state index >= 15 is 0 Å². The quantitative estimate of drug-likeness (QED) is 0.388. The second-order valence-corrected chi connectivity index (χ2v) is 3.13. The molecule has 0 aromatic rings. The molecule has 1 aliphatic rings. The van der Waals surface area contributed by atoms with E-state index in [9.17, 15) is 15.0 Å². The van der Waals surface area contributed by atoms with E-state index in [1.54, 1.807) is 0 Å². The lowest BCUT2D eigenvalue weighted by Gasteiger charge is -2.37. The minimum Gasteiger partial charge on any atom is -0.479 e. The summed E-state index contributed by atoms with van der Waals surface area (Å²) >= 11 is 0. The Morgan fingerprint density at radius 1 is 1.23 bits per heavy atom. The smallest absolute Gasteiger partial charge is 0.335 e. The summed E-state index contributed by atoms with van der Waals surface area (Å²) in [5.74, 6) is -2.11. The molecule has 13 heavy (non-hydrogen) atoms. The lowest BCUT2D eigenvalue weighted by Crippen LogP contribution is -2.56. The highest BCUT2D eigenvalue weighted by atomic mass is 16.6. The average Bonchev–Trinajstić information content (AvgIpc) is 2.07. The summed E-state index contributed by atoms with van der Waals surface area (Å²) in [6.45, 7) is 1.45. The highest BCUT2D eigenvalue weighted by molar-refractivity contribution is 5.73. The Hall–Kier alpha value is -0.690. The molecule has 0 saturated carbocycles. The van der Waals surface area contributed by atoms with Crippen molar-refractivity contribution in [3.05, 3.63) is 0 Å². The van der Waals surface area contributed by atoms with Crippen molar-refractivity contribution in [1.82, 2.24) is 0 Å². The van der Waals surface area contributed by atoms with E-state index in [0.717, 1.165) is 0 Å². The van der Waals surface area contributed by atoms with Crippen molar-refractivity contribution >= 4 is 5.97 Å². The van der Waals surface area contributed by atoms with Gasteiger partial charge in [-0.05, 0) is 0 Å². The molecule has 0 unspecified atom stereocenters. The van der Waals surface area contributed by atoms with Crippen LogP contribution in [-0.2, 0) is 9.53 Å². The normalized spacial score (nSPS) is 46.0. The number of carbonyl (C=O) groups is 1. The fraction of sp³-hybridized carbons (Fsp3) is 0.857. The zero-order valence-electron chi connectivity index (χ0n) is 6.99. The SMILES string of the molecule is C[C@@H]1[C@@H](O)[C@H](O)[C@@H](C(=O)O)O[C@H]1O. The topological polar surface area (TPSA) is 107 Å². The first kappa shape index (κ1) is 10.4. The summed E-state index contributed by atoms with van der Waals surface area (Å²) in [6.07, 6.45) is -5.72. The van der Waals surface area contributed by atoms with Crippen LogP contribution in [0.2, 0.25) is 0 Å². The van der Waals surface area contributed by atoms with Gasteiger partial charge in [0.2, 0.25) is 0 Å². The molecule has 6 nitrogen and oxygen atoms in total. The molecule has 0 aromatic heterocycles. The van der Waals surface area contributed by atoms with Gasteiger partial charge in [0.15, 0.2) is 12.4 Å². The molecular formula is C7H12O6. The van der Waals surface area contributed by atoms with Crippen LogP contribution in [0.25, 0.3) is 0 Å². The van der Waals surface area contributed by atoms with Crippen LogP contribution >= 0.6 is 0 Å². The molecule has 76 valence electrons. The second kappa shape index (κ2) is 3.59. The third-order valence-electron chi connectivity index (χ3n) is 2.18. The van der Waals surface area contributed by atoms with Gasteiger partial charge in [-0.15, -0.1) is 0 Å². The van der Waals surface area contributed by atoms with Crippen molar-refractivity contribution in [2.24, 2.45) is 5.92 Å². The Kier molecular flexibility index (Phi) is 2.87. The van der Waals surface area contributed by atoms with Crippen LogP contribution in [0.15, 0.2) is 0 Å². The number of carboxylic acids is 1. The molecule has 0 radical (unpaired) electrons. The van der Waals surface area contributed by atoms with E-state index in [1.165, 1.54) is 6.92 Å². The monoisotopic (exact) mass is 192 g/mol. The van der Waals surface area contributed by atoms with E-state index in [2.05, 4.69) is 4.74 Å². The predicted octanol–water partition coefficient (Wildman–Crippen LogP) is -1.85. The fourth-order valence-corrected chi connectivity index (χ4v) is 1.22. The van der Waals surface area contributed by atoms with Crippen molar-refractivity contribution in [1.29, 1.82) is 0 Å². The van der Waals surface area contributed by atoms with Gasteiger partial charge in [-0.25, -0.2) is 4.79 Å². The van der Waals surface area contributed by atoms with Crippen LogP contribution in [0.5, 0.6) is 0 Å². The van der Waals surface area contributed by atoms with Gasteiger partial charge < -0.3 is 25.2 Å². The fourth-order valence-electron chi connectivity index (χ4n) is 1.22. The first-order valence-corrected chi connectivity index (χ1v) is 3.87. The molecular weight excluding hydrogens is 180 g/mol. The Labute approximate surface area is 74.4 Å². The van der Waals surface area contributed by atoms with Crippen LogP contribution in [0.3, 0.4) is 0 Å². The van der Waals surface area contributed by atoms with Crippen LogP contribution in [0.4, 0.5) is 0 Å². The predicted molar refractivity (Wildman–Crippen MR) is 39.7 cm³/mol. The molecule has 1 aliphatic heterocycles. The maximum absolute atomic E-state index is 10.5. The van der Waals surface area contributed by atoms with Crippen molar-refractivity contribution in [3.8, 4) is 0 Å². The molecule has 6 heteroatoms. The van der Waals surface area contributed by atoms with Crippen LogP contribution in [0, 0.1) is 5.92 Å². The molecule has 1 saturated heterocycles. The maximum Gasteiger partial charge on any atom is 0.335 e. The highest BCUT2D eigenvalue weighted by Crippen LogP contribution is 2.24. The number of ether oxygens (including phenoxy) is 1. The molecule has 0 amide bonds. The van der Waals surface area contributed by atoms with E-state index in [1.807, 2.05) is 0 Å². The summed E-state index contributed by atoms with van der Waals surface area (Å²) in [5.41, 5.74) is 0. The minimum absolute atomic E-state index is 0.703. The highest BCUT2D eigenvalue weighted by Gasteiger charge is 2.44. The molecule has 0 bridgehead atoms. The zero-order chi connectivity index (χ0) is 10.2. The van der Waals surface area contributed by atoms with Crippen molar-refractivity contribution in [2.75, 3.05) is 0 Å². The Morgan fingerprint density at radius 3 is 2.23 bits per heavy atom. The number of aliphatic carboxylic acids is 1. The first-order chi connectivity index (χ1) is 5.95. The van der Waals surface area contributed by atoms with Crippen molar-refractivity contribution in [3.63, 3.8) is 0 Å². The third kappa shape index (κ3) is 1.80. The average molecular weight is 192 g/mol. The summed E-state index contributed by atoms with van der Waals surface area (Å²) in [5, 5.41) is 36.2. The standard InChI is InChI=1S/C7H12O6/c1-2-3(8)4(9)5(6(10)11)13-7(2)12/h2-5,7-9,12H,1H3,(H,10,11)/t2-,3-,4+,5+,7-/m1/s1. The zero-order valence-corrected chi connectivity index (χ0v) is 6.99. The number of carboxylic acid groups (broad SMARTS) is 1. The summed E-state index contributed by atoms with van der Waals surface area (Å²) < 4.78 is 4.59. The lowest BCUT2D eigenvalue weighted by atomic mass is 9.92. The van der Waals surface area contributed by atoms with E-state index < -0.39 is 36.5 Å². The molecule has 1 fully saturated rings. The lowest BCUT2D eigenvalue weighted by molar-refractivity contribution is -0.260. The van der Waals surface area contributed by atoms with Gasteiger partial charge >= 0.3 is 5.97 Å². The number of rotatable bonds is 1. The number of hydrogen-bond acceptors (Lipinski definition) is 5. The second-order valence-electron chi connectivity index (χ2n) is 3.13. The van der Waals surface area contributed by atoms with Gasteiger partial charge in [-0.3, -0.25) is 0 Å². The van der Waals surface area contributed by atoms with Gasteiger partial charge in [0.25, 0.3) is 0 Å². The number of aliphatic hydroxyl groups excluding tert-OH is 3. The molecule has 4 N–H and O–H groups in total.